The van der Waals surface area contributed by atoms with Crippen LogP contribution in [0.3, 0.4) is 0 Å². The first-order valence-electron chi connectivity index (χ1n) is 5.02. The Labute approximate surface area is 107 Å². The van der Waals surface area contributed by atoms with Crippen molar-refractivity contribution >= 4 is 15.9 Å². The van der Waals surface area contributed by atoms with E-state index in [1.165, 1.54) is 14.2 Å². The third kappa shape index (κ3) is 1.81. The quantitative estimate of drug-likeness (QED) is 0.928. The van der Waals surface area contributed by atoms with E-state index in [9.17, 15) is 5.11 Å². The van der Waals surface area contributed by atoms with Crippen molar-refractivity contribution in [1.29, 1.82) is 0 Å². The molecular weight excluding hydrogens is 292 g/mol. The van der Waals surface area contributed by atoms with Gasteiger partial charge in [-0.15, -0.1) is 0 Å². The number of rotatable bonds is 3. The summed E-state index contributed by atoms with van der Waals surface area (Å²) in [4.78, 5) is 0. The van der Waals surface area contributed by atoms with Crippen LogP contribution in [0.1, 0.15) is 18.6 Å². The smallest absolute Gasteiger partial charge is 0.231 e. The van der Waals surface area contributed by atoms with Crippen LogP contribution in [0.4, 0.5) is 0 Å². The van der Waals surface area contributed by atoms with Crippen molar-refractivity contribution in [2.45, 2.75) is 13.0 Å². The molecule has 1 aliphatic rings. The second kappa shape index (κ2) is 4.62. The van der Waals surface area contributed by atoms with Crippen molar-refractivity contribution < 1.29 is 24.1 Å². The average molecular weight is 305 g/mol. The minimum Gasteiger partial charge on any atom is -0.492 e. The maximum Gasteiger partial charge on any atom is 0.231 e. The Hall–Kier alpha value is -1.14. The van der Waals surface area contributed by atoms with Gasteiger partial charge in [0.2, 0.25) is 18.3 Å². The zero-order valence-electron chi connectivity index (χ0n) is 9.74. The van der Waals surface area contributed by atoms with E-state index in [0.717, 1.165) is 0 Å². The van der Waals surface area contributed by atoms with Crippen LogP contribution < -0.4 is 18.9 Å². The Balaban J connectivity index is 2.75. The van der Waals surface area contributed by atoms with E-state index >= 15 is 0 Å². The van der Waals surface area contributed by atoms with E-state index < -0.39 is 6.10 Å². The monoisotopic (exact) mass is 304 g/mol. The molecule has 0 spiro atoms. The molecule has 6 heteroatoms. The second-order valence-corrected chi connectivity index (χ2v) is 4.33. The fraction of sp³-hybridized carbons (Fsp3) is 0.455. The molecule has 0 bridgehead atoms. The maximum absolute atomic E-state index is 9.81. The lowest BCUT2D eigenvalue weighted by atomic mass is 10.1. The Morgan fingerprint density at radius 1 is 1.18 bits per heavy atom. The third-order valence-electron chi connectivity index (χ3n) is 2.53. The molecule has 1 N–H and O–H groups in total. The maximum atomic E-state index is 9.81. The topological polar surface area (TPSA) is 57.2 Å². The first-order valence-corrected chi connectivity index (χ1v) is 5.82. The number of aliphatic hydroxyl groups is 1. The average Bonchev–Trinajstić information content (AvgIpc) is 2.75. The number of fused-ring (bicyclic) bond motifs is 1. The fourth-order valence-corrected chi connectivity index (χ4v) is 2.67. The lowest BCUT2D eigenvalue weighted by Crippen LogP contribution is -2.01. The number of hydrogen-bond acceptors (Lipinski definition) is 5. The summed E-state index contributed by atoms with van der Waals surface area (Å²) in [5.74, 6) is 1.90. The molecule has 0 radical (unpaired) electrons. The van der Waals surface area contributed by atoms with Crippen molar-refractivity contribution in [2.75, 3.05) is 21.0 Å². The van der Waals surface area contributed by atoms with Crippen molar-refractivity contribution in [3.05, 3.63) is 10.0 Å². The van der Waals surface area contributed by atoms with Crippen LogP contribution in [0.15, 0.2) is 4.47 Å². The van der Waals surface area contributed by atoms with Crippen LogP contribution >= 0.6 is 15.9 Å². The summed E-state index contributed by atoms with van der Waals surface area (Å²) in [6, 6.07) is 0. The molecule has 0 saturated heterocycles. The Morgan fingerprint density at radius 2 is 1.71 bits per heavy atom. The summed E-state index contributed by atoms with van der Waals surface area (Å²) in [5, 5.41) is 9.81. The normalized spacial score (nSPS) is 14.6. The minimum absolute atomic E-state index is 0.109. The van der Waals surface area contributed by atoms with Crippen molar-refractivity contribution in [3.8, 4) is 23.0 Å². The molecule has 17 heavy (non-hydrogen) atoms. The van der Waals surface area contributed by atoms with Gasteiger partial charge < -0.3 is 24.1 Å². The van der Waals surface area contributed by atoms with E-state index in [0.29, 0.717) is 33.0 Å². The molecule has 1 aliphatic heterocycles. The minimum atomic E-state index is -0.720. The van der Waals surface area contributed by atoms with E-state index in [-0.39, 0.29) is 6.79 Å². The molecule has 0 amide bonds. The molecule has 0 saturated carbocycles. The van der Waals surface area contributed by atoms with Gasteiger partial charge in [-0.05, 0) is 22.9 Å². The third-order valence-corrected chi connectivity index (χ3v) is 3.32. The zero-order chi connectivity index (χ0) is 12.6. The van der Waals surface area contributed by atoms with Gasteiger partial charge in [-0.3, -0.25) is 0 Å². The van der Waals surface area contributed by atoms with Gasteiger partial charge in [-0.2, -0.15) is 0 Å². The van der Waals surface area contributed by atoms with Gasteiger partial charge in [0.25, 0.3) is 0 Å². The van der Waals surface area contributed by atoms with Crippen LogP contribution in [0.5, 0.6) is 23.0 Å². The summed E-state index contributed by atoms with van der Waals surface area (Å²) in [6.07, 6.45) is -0.720. The van der Waals surface area contributed by atoms with Crippen LogP contribution in [0, 0.1) is 0 Å². The largest absolute Gasteiger partial charge is 0.492 e. The molecule has 0 fully saturated rings. The Morgan fingerprint density at radius 3 is 2.18 bits per heavy atom. The predicted molar refractivity (Wildman–Crippen MR) is 64.0 cm³/mol. The number of aliphatic hydroxyl groups excluding tert-OH is 1. The molecule has 5 nitrogen and oxygen atoms in total. The highest BCUT2D eigenvalue weighted by molar-refractivity contribution is 9.10. The molecule has 2 rings (SSSR count). The summed E-state index contributed by atoms with van der Waals surface area (Å²) in [6.45, 7) is 1.75. The summed E-state index contributed by atoms with van der Waals surface area (Å²) in [5.41, 5.74) is 0.577. The van der Waals surface area contributed by atoms with Gasteiger partial charge in [0.15, 0.2) is 11.5 Å². The van der Waals surface area contributed by atoms with E-state index in [1.54, 1.807) is 6.92 Å². The fourth-order valence-electron chi connectivity index (χ4n) is 1.82. The first-order chi connectivity index (χ1) is 8.11. The van der Waals surface area contributed by atoms with Gasteiger partial charge in [0.05, 0.1) is 24.8 Å². The van der Waals surface area contributed by atoms with E-state index in [1.807, 2.05) is 0 Å². The molecule has 0 aliphatic carbocycles. The van der Waals surface area contributed by atoms with Crippen molar-refractivity contribution in [2.24, 2.45) is 0 Å². The van der Waals surface area contributed by atoms with Crippen LogP contribution in [-0.2, 0) is 0 Å². The molecule has 1 unspecified atom stereocenters. The van der Waals surface area contributed by atoms with Gasteiger partial charge in [0, 0.05) is 5.56 Å². The molecular formula is C11H13BrO5. The Kier molecular flexibility index (Phi) is 3.35. The van der Waals surface area contributed by atoms with Gasteiger partial charge >= 0.3 is 0 Å². The van der Waals surface area contributed by atoms with Crippen molar-refractivity contribution in [3.63, 3.8) is 0 Å². The van der Waals surface area contributed by atoms with Gasteiger partial charge in [-0.25, -0.2) is 0 Å². The molecule has 1 aromatic rings. The summed E-state index contributed by atoms with van der Waals surface area (Å²) in [7, 11) is 3.04. The van der Waals surface area contributed by atoms with Gasteiger partial charge in [-0.1, -0.05) is 0 Å². The van der Waals surface area contributed by atoms with E-state index in [4.69, 9.17) is 18.9 Å². The zero-order valence-corrected chi connectivity index (χ0v) is 11.3. The molecule has 1 atom stereocenters. The number of hydrogen-bond donors (Lipinski definition) is 1. The SMILES string of the molecule is COc1c(Br)c(C(C)O)c(OC)c2c1OCO2. The number of halogens is 1. The van der Waals surface area contributed by atoms with Crippen molar-refractivity contribution in [1.82, 2.24) is 0 Å². The summed E-state index contributed by atoms with van der Waals surface area (Å²) >= 11 is 3.39. The van der Waals surface area contributed by atoms with Crippen LogP contribution in [0.25, 0.3) is 0 Å². The standard InChI is InChI=1S/C11H13BrO5/c1-5(13)6-7(12)9(15-3)11-10(8(6)14-2)16-4-17-11/h5,13H,4H2,1-3H3. The Bertz CT molecular complexity index is 444. The highest BCUT2D eigenvalue weighted by Crippen LogP contribution is 2.55. The number of benzene rings is 1. The van der Waals surface area contributed by atoms with Gasteiger partial charge in [0.1, 0.15) is 0 Å². The lowest BCUT2D eigenvalue weighted by Gasteiger charge is -2.18. The van der Waals surface area contributed by atoms with Crippen LogP contribution in [-0.4, -0.2) is 26.1 Å². The van der Waals surface area contributed by atoms with E-state index in [2.05, 4.69) is 15.9 Å². The highest BCUT2D eigenvalue weighted by Gasteiger charge is 2.32. The summed E-state index contributed by atoms with van der Waals surface area (Å²) < 4.78 is 21.8. The van der Waals surface area contributed by atoms with Crippen LogP contribution in [0.2, 0.25) is 0 Å². The number of ether oxygens (including phenoxy) is 4. The lowest BCUT2D eigenvalue weighted by molar-refractivity contribution is 0.167. The predicted octanol–water partition coefficient (Wildman–Crippen LogP) is 2.25. The second-order valence-electron chi connectivity index (χ2n) is 3.53. The number of methoxy groups -OCH3 is 2. The highest BCUT2D eigenvalue weighted by atomic mass is 79.9. The molecule has 0 aromatic heterocycles. The molecule has 1 aromatic carbocycles. The molecule has 1 heterocycles. The first kappa shape index (κ1) is 12.3. The molecule has 94 valence electrons.